The standard InChI is InChI=1S/C15H24N2/c1-3-5-13-6-4-7-14(8-13)10-17-9-12(2)15(16)11-17/h4,6-8,12,15H,3,5,9-11,16H2,1-2H3. The molecule has 0 spiro atoms. The summed E-state index contributed by atoms with van der Waals surface area (Å²) in [6, 6.07) is 9.34. The van der Waals surface area contributed by atoms with E-state index in [1.165, 1.54) is 24.0 Å². The molecule has 1 aromatic carbocycles. The monoisotopic (exact) mass is 232 g/mol. The average Bonchev–Trinajstić information content (AvgIpc) is 2.59. The van der Waals surface area contributed by atoms with Crippen molar-refractivity contribution in [3.63, 3.8) is 0 Å². The van der Waals surface area contributed by atoms with Gasteiger partial charge in [-0.2, -0.15) is 0 Å². The first-order chi connectivity index (χ1) is 8.19. The van der Waals surface area contributed by atoms with Crippen LogP contribution in [0.2, 0.25) is 0 Å². The van der Waals surface area contributed by atoms with Crippen LogP contribution >= 0.6 is 0 Å². The molecule has 1 aliphatic rings. The molecule has 0 bridgehead atoms. The van der Waals surface area contributed by atoms with Crippen LogP contribution in [-0.4, -0.2) is 24.0 Å². The Morgan fingerprint density at radius 3 is 2.71 bits per heavy atom. The summed E-state index contributed by atoms with van der Waals surface area (Å²) in [5.74, 6) is 0.633. The second kappa shape index (κ2) is 5.65. The summed E-state index contributed by atoms with van der Waals surface area (Å²) in [5.41, 5.74) is 8.95. The van der Waals surface area contributed by atoms with Crippen LogP contribution in [-0.2, 0) is 13.0 Å². The van der Waals surface area contributed by atoms with E-state index in [1.54, 1.807) is 0 Å². The summed E-state index contributed by atoms with van der Waals surface area (Å²) in [5, 5.41) is 0. The van der Waals surface area contributed by atoms with Crippen molar-refractivity contribution in [1.82, 2.24) is 4.90 Å². The largest absolute Gasteiger partial charge is 0.326 e. The Hall–Kier alpha value is -0.860. The highest BCUT2D eigenvalue weighted by molar-refractivity contribution is 5.23. The maximum absolute atomic E-state index is 6.06. The molecule has 0 aliphatic carbocycles. The van der Waals surface area contributed by atoms with Crippen LogP contribution < -0.4 is 5.73 Å². The van der Waals surface area contributed by atoms with Gasteiger partial charge in [-0.25, -0.2) is 0 Å². The molecule has 0 amide bonds. The molecule has 0 radical (unpaired) electrons. The molecule has 1 fully saturated rings. The third-order valence-corrected chi connectivity index (χ3v) is 3.68. The van der Waals surface area contributed by atoms with Gasteiger partial charge in [0.1, 0.15) is 0 Å². The van der Waals surface area contributed by atoms with Gasteiger partial charge in [-0.1, -0.05) is 44.5 Å². The van der Waals surface area contributed by atoms with Crippen LogP contribution in [0.3, 0.4) is 0 Å². The molecule has 1 aromatic rings. The molecule has 1 heterocycles. The molecular weight excluding hydrogens is 208 g/mol. The molecule has 2 heteroatoms. The van der Waals surface area contributed by atoms with Gasteiger partial charge in [-0.3, -0.25) is 4.90 Å². The zero-order valence-corrected chi connectivity index (χ0v) is 11.0. The summed E-state index contributed by atoms with van der Waals surface area (Å²) in [6.45, 7) is 7.71. The fraction of sp³-hybridized carbons (Fsp3) is 0.600. The van der Waals surface area contributed by atoms with Gasteiger partial charge in [0.2, 0.25) is 0 Å². The molecule has 0 saturated carbocycles. The zero-order chi connectivity index (χ0) is 12.3. The Kier molecular flexibility index (Phi) is 4.19. The minimum absolute atomic E-state index is 0.355. The zero-order valence-electron chi connectivity index (χ0n) is 11.0. The number of nitrogens with two attached hydrogens (primary N) is 1. The second-order valence-corrected chi connectivity index (χ2v) is 5.41. The minimum Gasteiger partial charge on any atom is -0.326 e. The third-order valence-electron chi connectivity index (χ3n) is 3.68. The van der Waals surface area contributed by atoms with E-state index in [-0.39, 0.29) is 0 Å². The molecule has 94 valence electrons. The summed E-state index contributed by atoms with van der Waals surface area (Å²) in [4.78, 5) is 2.47. The number of benzene rings is 1. The van der Waals surface area contributed by atoms with Gasteiger partial charge in [-0.15, -0.1) is 0 Å². The van der Waals surface area contributed by atoms with Crippen molar-refractivity contribution in [3.05, 3.63) is 35.4 Å². The lowest BCUT2D eigenvalue weighted by molar-refractivity contribution is 0.319. The van der Waals surface area contributed by atoms with E-state index in [0.29, 0.717) is 12.0 Å². The first-order valence-electron chi connectivity index (χ1n) is 6.74. The normalized spacial score (nSPS) is 25.4. The van der Waals surface area contributed by atoms with Gasteiger partial charge in [0.15, 0.2) is 0 Å². The fourth-order valence-corrected chi connectivity index (χ4v) is 2.65. The van der Waals surface area contributed by atoms with E-state index in [4.69, 9.17) is 5.73 Å². The minimum atomic E-state index is 0.355. The van der Waals surface area contributed by atoms with Crippen molar-refractivity contribution < 1.29 is 0 Å². The first-order valence-corrected chi connectivity index (χ1v) is 6.74. The van der Waals surface area contributed by atoms with Crippen LogP contribution in [0.4, 0.5) is 0 Å². The van der Waals surface area contributed by atoms with Gasteiger partial charge in [0.25, 0.3) is 0 Å². The lowest BCUT2D eigenvalue weighted by atomic mass is 10.1. The Morgan fingerprint density at radius 1 is 1.29 bits per heavy atom. The van der Waals surface area contributed by atoms with Crippen molar-refractivity contribution in [2.24, 2.45) is 11.7 Å². The third kappa shape index (κ3) is 3.30. The molecule has 2 rings (SSSR count). The number of hydrogen-bond donors (Lipinski definition) is 1. The Bertz CT molecular complexity index is 352. The summed E-state index contributed by atoms with van der Waals surface area (Å²) >= 11 is 0. The Labute approximate surface area is 105 Å². The molecule has 1 saturated heterocycles. The first kappa shape index (κ1) is 12.6. The highest BCUT2D eigenvalue weighted by Crippen LogP contribution is 2.18. The average molecular weight is 232 g/mol. The van der Waals surface area contributed by atoms with Crippen LogP contribution in [0.1, 0.15) is 31.4 Å². The molecule has 2 N–H and O–H groups in total. The van der Waals surface area contributed by atoms with Crippen LogP contribution in [0, 0.1) is 5.92 Å². The van der Waals surface area contributed by atoms with Crippen molar-refractivity contribution in [2.45, 2.75) is 39.3 Å². The maximum Gasteiger partial charge on any atom is 0.0234 e. The van der Waals surface area contributed by atoms with Gasteiger partial charge >= 0.3 is 0 Å². The van der Waals surface area contributed by atoms with E-state index < -0.39 is 0 Å². The number of rotatable bonds is 4. The van der Waals surface area contributed by atoms with E-state index in [2.05, 4.69) is 43.0 Å². The van der Waals surface area contributed by atoms with E-state index in [0.717, 1.165) is 19.6 Å². The SMILES string of the molecule is CCCc1cccc(CN2CC(C)C(N)C2)c1. The van der Waals surface area contributed by atoms with E-state index in [9.17, 15) is 0 Å². The molecule has 0 aromatic heterocycles. The van der Waals surface area contributed by atoms with Gasteiger partial charge in [0.05, 0.1) is 0 Å². The highest BCUT2D eigenvalue weighted by atomic mass is 15.2. The van der Waals surface area contributed by atoms with E-state index >= 15 is 0 Å². The summed E-state index contributed by atoms with van der Waals surface area (Å²) < 4.78 is 0. The van der Waals surface area contributed by atoms with Crippen LogP contribution in [0.25, 0.3) is 0 Å². The number of hydrogen-bond acceptors (Lipinski definition) is 2. The maximum atomic E-state index is 6.06. The Balaban J connectivity index is 1.97. The quantitative estimate of drug-likeness (QED) is 0.864. The highest BCUT2D eigenvalue weighted by Gasteiger charge is 2.26. The molecule has 2 atom stereocenters. The lowest BCUT2D eigenvalue weighted by Crippen LogP contribution is -2.28. The molecule has 1 aliphatic heterocycles. The van der Waals surface area contributed by atoms with Crippen LogP contribution in [0.5, 0.6) is 0 Å². The predicted molar refractivity (Wildman–Crippen MR) is 72.9 cm³/mol. The molecule has 2 nitrogen and oxygen atoms in total. The van der Waals surface area contributed by atoms with E-state index in [1.807, 2.05) is 0 Å². The number of nitrogens with zero attached hydrogens (tertiary/aromatic N) is 1. The summed E-state index contributed by atoms with van der Waals surface area (Å²) in [7, 11) is 0. The predicted octanol–water partition coefficient (Wildman–Crippen LogP) is 2.42. The molecule has 2 unspecified atom stereocenters. The lowest BCUT2D eigenvalue weighted by Gasteiger charge is -2.15. The topological polar surface area (TPSA) is 29.3 Å². The van der Waals surface area contributed by atoms with Crippen LogP contribution in [0.15, 0.2) is 24.3 Å². The fourth-order valence-electron chi connectivity index (χ4n) is 2.65. The van der Waals surface area contributed by atoms with Gasteiger partial charge in [-0.05, 0) is 23.5 Å². The smallest absolute Gasteiger partial charge is 0.0234 e. The number of aryl methyl sites for hydroxylation is 1. The van der Waals surface area contributed by atoms with Crippen molar-refractivity contribution in [1.29, 1.82) is 0 Å². The Morgan fingerprint density at radius 2 is 2.06 bits per heavy atom. The number of likely N-dealkylation sites (tertiary alicyclic amines) is 1. The molecular formula is C15H24N2. The van der Waals surface area contributed by atoms with Gasteiger partial charge < -0.3 is 5.73 Å². The van der Waals surface area contributed by atoms with Gasteiger partial charge in [0, 0.05) is 25.7 Å². The molecule has 17 heavy (non-hydrogen) atoms. The second-order valence-electron chi connectivity index (χ2n) is 5.41. The summed E-state index contributed by atoms with van der Waals surface area (Å²) in [6.07, 6.45) is 2.40. The van der Waals surface area contributed by atoms with Crippen molar-refractivity contribution in [3.8, 4) is 0 Å². The van der Waals surface area contributed by atoms with Crippen molar-refractivity contribution in [2.75, 3.05) is 13.1 Å². The van der Waals surface area contributed by atoms with Crippen molar-refractivity contribution >= 4 is 0 Å².